The van der Waals surface area contributed by atoms with Crippen LogP contribution in [-0.4, -0.2) is 10.8 Å². The van der Waals surface area contributed by atoms with Crippen molar-refractivity contribution in [3.05, 3.63) is 65.0 Å². The van der Waals surface area contributed by atoms with Gasteiger partial charge in [-0.2, -0.15) is 0 Å². The van der Waals surface area contributed by atoms with E-state index in [4.69, 9.17) is 0 Å². The molecule has 0 unspecified atom stereocenters. The molecule has 0 saturated carbocycles. The van der Waals surface area contributed by atoms with Gasteiger partial charge in [-0.3, -0.25) is 9.78 Å². The van der Waals surface area contributed by atoms with Gasteiger partial charge in [-0.15, -0.1) is 0 Å². The first kappa shape index (κ1) is 10.6. The van der Waals surface area contributed by atoms with Crippen molar-refractivity contribution in [2.45, 2.75) is 13.8 Å². The van der Waals surface area contributed by atoms with E-state index in [0.717, 1.165) is 11.1 Å². The van der Waals surface area contributed by atoms with Crippen LogP contribution in [0.15, 0.2) is 42.7 Å². The van der Waals surface area contributed by atoms with E-state index in [1.165, 1.54) is 5.56 Å². The van der Waals surface area contributed by atoms with Crippen LogP contribution >= 0.6 is 0 Å². The van der Waals surface area contributed by atoms with Gasteiger partial charge < -0.3 is 0 Å². The quantitative estimate of drug-likeness (QED) is 0.715. The molecule has 2 nitrogen and oxygen atoms in total. The summed E-state index contributed by atoms with van der Waals surface area (Å²) in [6, 6.07) is 9.24. The number of nitrogens with zero attached hydrogens (tertiary/aromatic N) is 1. The minimum Gasteiger partial charge on any atom is -0.289 e. The van der Waals surface area contributed by atoms with Crippen molar-refractivity contribution in [1.82, 2.24) is 4.98 Å². The summed E-state index contributed by atoms with van der Waals surface area (Å²) < 4.78 is 0. The summed E-state index contributed by atoms with van der Waals surface area (Å²) in [6.45, 7) is 4.05. The van der Waals surface area contributed by atoms with Crippen LogP contribution in [-0.2, 0) is 0 Å². The molecule has 1 aromatic carbocycles. The smallest absolute Gasteiger partial charge is 0.193 e. The first-order valence-corrected chi connectivity index (χ1v) is 5.20. The number of benzene rings is 1. The SMILES string of the molecule is Cc1ccc(C(=O)c2ccncc2)cc1C. The molecule has 2 aromatic rings. The number of aryl methyl sites for hydroxylation is 2. The van der Waals surface area contributed by atoms with Crippen molar-refractivity contribution < 1.29 is 4.79 Å². The normalized spacial score (nSPS) is 10.1. The highest BCUT2D eigenvalue weighted by Gasteiger charge is 2.08. The van der Waals surface area contributed by atoms with E-state index >= 15 is 0 Å². The fraction of sp³-hybridized carbons (Fsp3) is 0.143. The molecule has 2 rings (SSSR count). The van der Waals surface area contributed by atoms with Crippen LogP contribution in [0.3, 0.4) is 0 Å². The standard InChI is InChI=1S/C14H13NO/c1-10-3-4-13(9-11(10)2)14(16)12-5-7-15-8-6-12/h3-9H,1-2H3. The van der Waals surface area contributed by atoms with Gasteiger partial charge in [0.25, 0.3) is 0 Å². The number of carbonyl (C=O) groups excluding carboxylic acids is 1. The summed E-state index contributed by atoms with van der Waals surface area (Å²) in [5.74, 6) is 0.0468. The monoisotopic (exact) mass is 211 g/mol. The van der Waals surface area contributed by atoms with Crippen LogP contribution in [0.1, 0.15) is 27.0 Å². The van der Waals surface area contributed by atoms with Crippen molar-refractivity contribution >= 4 is 5.78 Å². The average molecular weight is 211 g/mol. The van der Waals surface area contributed by atoms with Crippen molar-refractivity contribution in [3.63, 3.8) is 0 Å². The summed E-state index contributed by atoms with van der Waals surface area (Å²) >= 11 is 0. The van der Waals surface area contributed by atoms with E-state index < -0.39 is 0 Å². The van der Waals surface area contributed by atoms with Gasteiger partial charge in [0.2, 0.25) is 0 Å². The molecule has 0 fully saturated rings. The number of hydrogen-bond donors (Lipinski definition) is 0. The van der Waals surface area contributed by atoms with Crippen molar-refractivity contribution in [2.75, 3.05) is 0 Å². The highest BCUT2D eigenvalue weighted by atomic mass is 16.1. The zero-order valence-electron chi connectivity index (χ0n) is 9.40. The Bertz CT molecular complexity index is 518. The second-order valence-corrected chi connectivity index (χ2v) is 3.86. The molecule has 1 heterocycles. The molecule has 0 aliphatic carbocycles. The summed E-state index contributed by atoms with van der Waals surface area (Å²) in [5, 5.41) is 0. The predicted octanol–water partition coefficient (Wildman–Crippen LogP) is 2.93. The number of carbonyl (C=O) groups is 1. The lowest BCUT2D eigenvalue weighted by Gasteiger charge is -2.04. The fourth-order valence-electron chi connectivity index (χ4n) is 1.55. The van der Waals surface area contributed by atoms with Gasteiger partial charge in [0.1, 0.15) is 0 Å². The van der Waals surface area contributed by atoms with Crippen LogP contribution < -0.4 is 0 Å². The van der Waals surface area contributed by atoms with Gasteiger partial charge in [0.15, 0.2) is 5.78 Å². The zero-order valence-corrected chi connectivity index (χ0v) is 9.40. The van der Waals surface area contributed by atoms with E-state index in [1.807, 2.05) is 32.0 Å². The van der Waals surface area contributed by atoms with Crippen LogP contribution in [0, 0.1) is 13.8 Å². The minimum absolute atomic E-state index is 0.0468. The Labute approximate surface area is 95.0 Å². The zero-order chi connectivity index (χ0) is 11.5. The molecule has 0 bridgehead atoms. The van der Waals surface area contributed by atoms with Crippen LogP contribution in [0.4, 0.5) is 0 Å². The predicted molar refractivity (Wildman–Crippen MR) is 63.6 cm³/mol. The third-order valence-electron chi connectivity index (χ3n) is 2.71. The van der Waals surface area contributed by atoms with Crippen molar-refractivity contribution in [3.8, 4) is 0 Å². The lowest BCUT2D eigenvalue weighted by atomic mass is 10.00. The number of ketones is 1. The minimum atomic E-state index is 0.0468. The Kier molecular flexibility index (Phi) is 2.82. The first-order chi connectivity index (χ1) is 7.68. The summed E-state index contributed by atoms with van der Waals surface area (Å²) in [7, 11) is 0. The van der Waals surface area contributed by atoms with Gasteiger partial charge in [-0.1, -0.05) is 12.1 Å². The maximum atomic E-state index is 12.1. The molecule has 0 spiro atoms. The Hall–Kier alpha value is -1.96. The summed E-state index contributed by atoms with van der Waals surface area (Å²) in [6.07, 6.45) is 3.27. The van der Waals surface area contributed by atoms with E-state index in [9.17, 15) is 4.79 Å². The third-order valence-corrected chi connectivity index (χ3v) is 2.71. The topological polar surface area (TPSA) is 30.0 Å². The molecule has 1 aromatic heterocycles. The van der Waals surface area contributed by atoms with Gasteiger partial charge in [0, 0.05) is 23.5 Å². The molecule has 80 valence electrons. The molecule has 2 heteroatoms. The van der Waals surface area contributed by atoms with Gasteiger partial charge in [0.05, 0.1) is 0 Å². The second-order valence-electron chi connectivity index (χ2n) is 3.86. The van der Waals surface area contributed by atoms with Crippen LogP contribution in [0.5, 0.6) is 0 Å². The molecule has 0 saturated heterocycles. The highest BCUT2D eigenvalue weighted by molar-refractivity contribution is 6.09. The van der Waals surface area contributed by atoms with E-state index in [2.05, 4.69) is 4.98 Å². The van der Waals surface area contributed by atoms with E-state index in [0.29, 0.717) is 5.56 Å². The maximum absolute atomic E-state index is 12.1. The van der Waals surface area contributed by atoms with E-state index in [1.54, 1.807) is 24.5 Å². The van der Waals surface area contributed by atoms with Gasteiger partial charge in [-0.05, 0) is 43.2 Å². The molecular formula is C14H13NO. The van der Waals surface area contributed by atoms with Gasteiger partial charge in [-0.25, -0.2) is 0 Å². The molecule has 0 N–H and O–H groups in total. The molecular weight excluding hydrogens is 198 g/mol. The summed E-state index contributed by atoms with van der Waals surface area (Å²) in [4.78, 5) is 16.0. The van der Waals surface area contributed by atoms with Crippen molar-refractivity contribution in [2.24, 2.45) is 0 Å². The Balaban J connectivity index is 2.39. The number of hydrogen-bond acceptors (Lipinski definition) is 2. The van der Waals surface area contributed by atoms with Gasteiger partial charge >= 0.3 is 0 Å². The lowest BCUT2D eigenvalue weighted by Crippen LogP contribution is -2.01. The van der Waals surface area contributed by atoms with Crippen LogP contribution in [0.2, 0.25) is 0 Å². The Morgan fingerprint density at radius 3 is 2.25 bits per heavy atom. The Morgan fingerprint density at radius 1 is 0.938 bits per heavy atom. The number of rotatable bonds is 2. The average Bonchev–Trinajstić information content (AvgIpc) is 2.33. The van der Waals surface area contributed by atoms with Crippen molar-refractivity contribution in [1.29, 1.82) is 0 Å². The molecule has 0 aliphatic heterocycles. The van der Waals surface area contributed by atoms with Crippen LogP contribution in [0.25, 0.3) is 0 Å². The molecule has 0 aliphatic rings. The largest absolute Gasteiger partial charge is 0.289 e. The highest BCUT2D eigenvalue weighted by Crippen LogP contribution is 2.13. The number of aromatic nitrogens is 1. The maximum Gasteiger partial charge on any atom is 0.193 e. The van der Waals surface area contributed by atoms with E-state index in [-0.39, 0.29) is 5.78 Å². The molecule has 0 amide bonds. The molecule has 0 radical (unpaired) electrons. The Morgan fingerprint density at radius 2 is 1.62 bits per heavy atom. The lowest BCUT2D eigenvalue weighted by molar-refractivity contribution is 0.103. The molecule has 16 heavy (non-hydrogen) atoms. The molecule has 0 atom stereocenters. The second kappa shape index (κ2) is 4.27. The summed E-state index contributed by atoms with van der Waals surface area (Å²) in [5.41, 5.74) is 3.75. The number of pyridine rings is 1. The first-order valence-electron chi connectivity index (χ1n) is 5.20. The fourth-order valence-corrected chi connectivity index (χ4v) is 1.55. The third kappa shape index (κ3) is 2.01.